The minimum Gasteiger partial charge on any atom is -0.459 e. The summed E-state index contributed by atoms with van der Waals surface area (Å²) in [6.07, 6.45) is 3.73. The minimum atomic E-state index is -3.63. The number of benzene rings is 1. The maximum Gasteiger partial charge on any atom is 0.338 e. The van der Waals surface area contributed by atoms with Crippen LogP contribution in [-0.2, 0) is 19.5 Å². The number of hydrogen-bond acceptors (Lipinski definition) is 5. The van der Waals surface area contributed by atoms with Gasteiger partial charge in [-0.3, -0.25) is 0 Å². The molecule has 0 aromatic heterocycles. The van der Waals surface area contributed by atoms with Crippen molar-refractivity contribution in [3.63, 3.8) is 0 Å². The topological polar surface area (TPSA) is 72.9 Å². The van der Waals surface area contributed by atoms with E-state index in [1.54, 1.807) is 12.1 Å². The van der Waals surface area contributed by atoms with E-state index in [0.29, 0.717) is 32.2 Å². The Kier molecular flexibility index (Phi) is 6.47. The fourth-order valence-electron chi connectivity index (χ4n) is 3.99. The van der Waals surface area contributed by atoms with Crippen molar-refractivity contribution in [1.82, 2.24) is 4.31 Å². The van der Waals surface area contributed by atoms with Crippen molar-refractivity contribution in [2.24, 2.45) is 11.3 Å². The molecule has 0 atom stereocenters. The number of sulfonamides is 1. The van der Waals surface area contributed by atoms with Crippen molar-refractivity contribution in [1.29, 1.82) is 0 Å². The van der Waals surface area contributed by atoms with Crippen LogP contribution in [0.1, 0.15) is 56.8 Å². The predicted molar refractivity (Wildman–Crippen MR) is 107 cm³/mol. The SMILES string of the molecule is CC(C)(C)C1CCC(OC(=O)c2cccc(S(=O)(=O)N3CCOCC3)c2)CC1. The van der Waals surface area contributed by atoms with Gasteiger partial charge < -0.3 is 9.47 Å². The van der Waals surface area contributed by atoms with E-state index < -0.39 is 16.0 Å². The van der Waals surface area contributed by atoms with Crippen LogP contribution in [-0.4, -0.2) is 51.1 Å². The highest BCUT2D eigenvalue weighted by Gasteiger charge is 2.32. The first-order chi connectivity index (χ1) is 13.2. The predicted octanol–water partition coefficient (Wildman–Crippen LogP) is 3.47. The molecule has 1 aromatic carbocycles. The maximum atomic E-state index is 12.8. The summed E-state index contributed by atoms with van der Waals surface area (Å²) in [5.74, 6) is 0.197. The van der Waals surface area contributed by atoms with E-state index in [2.05, 4.69) is 20.8 Å². The van der Waals surface area contributed by atoms with E-state index in [1.165, 1.54) is 16.4 Å². The molecule has 1 saturated carbocycles. The smallest absolute Gasteiger partial charge is 0.338 e. The van der Waals surface area contributed by atoms with E-state index in [-0.39, 0.29) is 22.0 Å². The van der Waals surface area contributed by atoms with E-state index in [1.807, 2.05) is 0 Å². The fourth-order valence-corrected chi connectivity index (χ4v) is 5.44. The first-order valence-corrected chi connectivity index (χ1v) is 11.5. The zero-order valence-corrected chi connectivity index (χ0v) is 17.8. The first-order valence-electron chi connectivity index (χ1n) is 10.1. The fraction of sp³-hybridized carbons (Fsp3) is 0.667. The van der Waals surface area contributed by atoms with Crippen LogP contribution in [0.3, 0.4) is 0 Å². The van der Waals surface area contributed by atoms with Crippen molar-refractivity contribution in [2.45, 2.75) is 57.5 Å². The van der Waals surface area contributed by atoms with Crippen molar-refractivity contribution in [2.75, 3.05) is 26.3 Å². The molecule has 2 fully saturated rings. The van der Waals surface area contributed by atoms with E-state index in [4.69, 9.17) is 9.47 Å². The molecule has 1 saturated heterocycles. The Labute approximate surface area is 168 Å². The van der Waals surface area contributed by atoms with Gasteiger partial charge in [0.2, 0.25) is 10.0 Å². The average Bonchev–Trinajstić information content (AvgIpc) is 2.68. The summed E-state index contributed by atoms with van der Waals surface area (Å²) in [5.41, 5.74) is 0.559. The Bertz CT molecular complexity index is 785. The molecular formula is C21H31NO5S. The number of hydrogen-bond donors (Lipinski definition) is 0. The van der Waals surface area contributed by atoms with Gasteiger partial charge in [0.1, 0.15) is 6.10 Å². The lowest BCUT2D eigenvalue weighted by Gasteiger charge is -2.36. The van der Waals surface area contributed by atoms with Gasteiger partial charge in [0, 0.05) is 13.1 Å². The second kappa shape index (κ2) is 8.51. The molecule has 156 valence electrons. The lowest BCUT2D eigenvalue weighted by atomic mass is 9.72. The Balaban J connectivity index is 1.65. The third kappa shape index (κ3) is 4.93. The largest absolute Gasteiger partial charge is 0.459 e. The van der Waals surface area contributed by atoms with Crippen molar-refractivity contribution >= 4 is 16.0 Å². The summed E-state index contributed by atoms with van der Waals surface area (Å²) in [5, 5.41) is 0. The highest BCUT2D eigenvalue weighted by atomic mass is 32.2. The van der Waals surface area contributed by atoms with Gasteiger partial charge in [0.05, 0.1) is 23.7 Å². The zero-order valence-electron chi connectivity index (χ0n) is 17.0. The lowest BCUT2D eigenvalue weighted by molar-refractivity contribution is 0.00926. The second-order valence-corrected chi connectivity index (χ2v) is 10.7. The molecule has 0 amide bonds. The molecule has 6 nitrogen and oxygen atoms in total. The lowest BCUT2D eigenvalue weighted by Crippen LogP contribution is -2.40. The molecule has 0 spiro atoms. The van der Waals surface area contributed by atoms with Crippen LogP contribution in [0, 0.1) is 11.3 Å². The number of nitrogens with zero attached hydrogens (tertiary/aromatic N) is 1. The molecule has 2 aliphatic rings. The van der Waals surface area contributed by atoms with Crippen molar-refractivity contribution in [3.8, 4) is 0 Å². The summed E-state index contributed by atoms with van der Waals surface area (Å²) in [6.45, 7) is 8.19. The van der Waals surface area contributed by atoms with Crippen LogP contribution >= 0.6 is 0 Å². The summed E-state index contributed by atoms with van der Waals surface area (Å²) in [4.78, 5) is 12.7. The van der Waals surface area contributed by atoms with Crippen LogP contribution in [0.2, 0.25) is 0 Å². The van der Waals surface area contributed by atoms with Gasteiger partial charge in [0.15, 0.2) is 0 Å². The van der Waals surface area contributed by atoms with Crippen LogP contribution in [0.4, 0.5) is 0 Å². The van der Waals surface area contributed by atoms with Crippen LogP contribution in [0.15, 0.2) is 29.2 Å². The molecule has 1 aliphatic heterocycles. The molecule has 3 rings (SSSR count). The Morgan fingerprint density at radius 3 is 2.36 bits per heavy atom. The zero-order chi connectivity index (χ0) is 20.4. The normalized spacial score (nSPS) is 24.7. The molecule has 0 radical (unpaired) electrons. The molecule has 0 N–H and O–H groups in total. The quantitative estimate of drug-likeness (QED) is 0.712. The third-order valence-corrected chi connectivity index (χ3v) is 7.74. The monoisotopic (exact) mass is 409 g/mol. The highest BCUT2D eigenvalue weighted by Crippen LogP contribution is 2.38. The summed E-state index contributed by atoms with van der Waals surface area (Å²) >= 11 is 0. The van der Waals surface area contributed by atoms with Crippen molar-refractivity contribution in [3.05, 3.63) is 29.8 Å². The van der Waals surface area contributed by atoms with Gasteiger partial charge >= 0.3 is 5.97 Å². The van der Waals surface area contributed by atoms with Gasteiger partial charge in [-0.05, 0) is 55.2 Å². The van der Waals surface area contributed by atoms with Crippen LogP contribution in [0.25, 0.3) is 0 Å². The van der Waals surface area contributed by atoms with Gasteiger partial charge in [-0.15, -0.1) is 0 Å². The van der Waals surface area contributed by atoms with E-state index in [0.717, 1.165) is 25.7 Å². The van der Waals surface area contributed by atoms with Gasteiger partial charge in [-0.25, -0.2) is 13.2 Å². The molecule has 0 unspecified atom stereocenters. The Hall–Kier alpha value is -1.44. The summed E-state index contributed by atoms with van der Waals surface area (Å²) in [6, 6.07) is 6.16. The van der Waals surface area contributed by atoms with Gasteiger partial charge in [0.25, 0.3) is 0 Å². The molecule has 28 heavy (non-hydrogen) atoms. The number of rotatable bonds is 4. The molecule has 1 heterocycles. The maximum absolute atomic E-state index is 12.8. The van der Waals surface area contributed by atoms with Crippen molar-refractivity contribution < 1.29 is 22.7 Å². The third-order valence-electron chi connectivity index (χ3n) is 5.85. The van der Waals surface area contributed by atoms with Gasteiger partial charge in [-0.2, -0.15) is 4.31 Å². The van der Waals surface area contributed by atoms with Gasteiger partial charge in [-0.1, -0.05) is 26.8 Å². The molecule has 1 aliphatic carbocycles. The first kappa shape index (κ1) is 21.3. The standard InChI is InChI=1S/C21H31NO5S/c1-21(2,3)17-7-9-18(10-8-17)27-20(23)16-5-4-6-19(15-16)28(24,25)22-11-13-26-14-12-22/h4-6,15,17-18H,7-14H2,1-3H3. The summed E-state index contributed by atoms with van der Waals surface area (Å²) in [7, 11) is -3.63. The highest BCUT2D eigenvalue weighted by molar-refractivity contribution is 7.89. The molecule has 0 bridgehead atoms. The molecule has 1 aromatic rings. The number of carbonyl (C=O) groups is 1. The van der Waals surface area contributed by atoms with E-state index in [9.17, 15) is 13.2 Å². The number of ether oxygens (including phenoxy) is 2. The Morgan fingerprint density at radius 1 is 1.11 bits per heavy atom. The summed E-state index contributed by atoms with van der Waals surface area (Å²) < 4.78 is 37.9. The number of esters is 1. The number of carbonyl (C=O) groups excluding carboxylic acids is 1. The second-order valence-electron chi connectivity index (χ2n) is 8.79. The molecular weight excluding hydrogens is 378 g/mol. The van der Waals surface area contributed by atoms with Crippen LogP contribution < -0.4 is 0 Å². The number of morpholine rings is 1. The van der Waals surface area contributed by atoms with Crippen LogP contribution in [0.5, 0.6) is 0 Å². The minimum absolute atomic E-state index is 0.0920. The molecule has 7 heteroatoms. The van der Waals surface area contributed by atoms with E-state index >= 15 is 0 Å². The Morgan fingerprint density at radius 2 is 1.75 bits per heavy atom. The average molecular weight is 410 g/mol.